The van der Waals surface area contributed by atoms with E-state index in [0.29, 0.717) is 0 Å². The Morgan fingerprint density at radius 2 is 1.77 bits per heavy atom. The normalized spacial score (nSPS) is 8.62. The van der Waals surface area contributed by atoms with Crippen LogP contribution in [0.2, 0.25) is 0 Å². The fraction of sp³-hybridized carbons (Fsp3) is 0.500. The van der Waals surface area contributed by atoms with Crippen LogP contribution >= 0.6 is 0 Å². The first-order valence-corrected chi connectivity index (χ1v) is 5.14. The Kier molecular flexibility index (Phi) is 7.08. The highest BCUT2D eigenvalue weighted by molar-refractivity contribution is 5.50. The van der Waals surface area contributed by atoms with Gasteiger partial charge in [0, 0.05) is 12.7 Å². The standard InChI is InChI=1S/C10H15N.C2H6/c1-3-6-9-7-4-5-8-10(9)11-2;1-2/h4-5,7-8,11H,3,6H2,1-2H3;1-2H3. The SMILES string of the molecule is CC.CCCc1ccccc1NC. The van der Waals surface area contributed by atoms with Crippen LogP contribution in [-0.2, 0) is 6.42 Å². The highest BCUT2D eigenvalue weighted by Crippen LogP contribution is 2.15. The maximum absolute atomic E-state index is 3.18. The third kappa shape index (κ3) is 3.97. The molecule has 1 rings (SSSR count). The van der Waals surface area contributed by atoms with E-state index in [1.807, 2.05) is 20.9 Å². The second-order valence-corrected chi connectivity index (χ2v) is 2.66. The Bertz CT molecular complexity index is 218. The first kappa shape index (κ1) is 12.0. The Morgan fingerprint density at radius 3 is 2.31 bits per heavy atom. The molecule has 0 aliphatic rings. The quantitative estimate of drug-likeness (QED) is 0.746. The average molecular weight is 179 g/mol. The average Bonchev–Trinajstić information content (AvgIpc) is 2.22. The topological polar surface area (TPSA) is 12.0 Å². The summed E-state index contributed by atoms with van der Waals surface area (Å²) in [7, 11) is 1.97. The van der Waals surface area contributed by atoms with Crippen molar-refractivity contribution in [1.29, 1.82) is 0 Å². The van der Waals surface area contributed by atoms with Crippen molar-refractivity contribution in [2.45, 2.75) is 33.6 Å². The van der Waals surface area contributed by atoms with Gasteiger partial charge in [-0.15, -0.1) is 0 Å². The van der Waals surface area contributed by atoms with Crippen LogP contribution in [0.15, 0.2) is 24.3 Å². The van der Waals surface area contributed by atoms with E-state index in [9.17, 15) is 0 Å². The van der Waals surface area contributed by atoms with Gasteiger partial charge in [0.25, 0.3) is 0 Å². The number of rotatable bonds is 3. The molecule has 74 valence electrons. The van der Waals surface area contributed by atoms with Gasteiger partial charge in [0.1, 0.15) is 0 Å². The van der Waals surface area contributed by atoms with Crippen molar-refractivity contribution < 1.29 is 0 Å². The summed E-state index contributed by atoms with van der Waals surface area (Å²) in [5.74, 6) is 0. The lowest BCUT2D eigenvalue weighted by Gasteiger charge is -2.06. The van der Waals surface area contributed by atoms with Crippen LogP contribution in [0.3, 0.4) is 0 Å². The lowest BCUT2D eigenvalue weighted by Crippen LogP contribution is -1.93. The summed E-state index contributed by atoms with van der Waals surface area (Å²) in [6.07, 6.45) is 2.37. The van der Waals surface area contributed by atoms with Crippen LogP contribution in [0.4, 0.5) is 5.69 Å². The summed E-state index contributed by atoms with van der Waals surface area (Å²) in [6.45, 7) is 6.20. The van der Waals surface area contributed by atoms with Crippen molar-refractivity contribution in [2.75, 3.05) is 12.4 Å². The van der Waals surface area contributed by atoms with E-state index in [1.165, 1.54) is 17.7 Å². The van der Waals surface area contributed by atoms with Crippen LogP contribution < -0.4 is 5.32 Å². The molecule has 0 aliphatic heterocycles. The number of para-hydroxylation sites is 1. The molecule has 0 spiro atoms. The van der Waals surface area contributed by atoms with Crippen LogP contribution in [0.5, 0.6) is 0 Å². The van der Waals surface area contributed by atoms with Gasteiger partial charge in [-0.2, -0.15) is 0 Å². The first-order chi connectivity index (χ1) is 6.38. The van der Waals surface area contributed by atoms with E-state index < -0.39 is 0 Å². The van der Waals surface area contributed by atoms with Crippen molar-refractivity contribution in [2.24, 2.45) is 0 Å². The second kappa shape index (κ2) is 7.66. The molecule has 1 aromatic carbocycles. The minimum Gasteiger partial charge on any atom is -0.388 e. The van der Waals surface area contributed by atoms with Gasteiger partial charge < -0.3 is 5.32 Å². The molecule has 0 fully saturated rings. The number of benzene rings is 1. The molecule has 1 aromatic rings. The number of nitrogens with one attached hydrogen (secondary N) is 1. The van der Waals surface area contributed by atoms with Crippen molar-refractivity contribution in [1.82, 2.24) is 0 Å². The lowest BCUT2D eigenvalue weighted by atomic mass is 10.1. The third-order valence-corrected chi connectivity index (χ3v) is 1.81. The molecule has 0 saturated carbocycles. The molecule has 0 aliphatic carbocycles. The summed E-state index contributed by atoms with van der Waals surface area (Å²) < 4.78 is 0. The highest BCUT2D eigenvalue weighted by atomic mass is 14.8. The Labute approximate surface area is 82.2 Å². The maximum atomic E-state index is 3.18. The van der Waals surface area contributed by atoms with Crippen LogP contribution in [0, 0.1) is 0 Å². The summed E-state index contributed by atoms with van der Waals surface area (Å²) in [5.41, 5.74) is 2.67. The van der Waals surface area contributed by atoms with E-state index in [-0.39, 0.29) is 0 Å². The van der Waals surface area contributed by atoms with E-state index in [2.05, 4.69) is 36.5 Å². The zero-order valence-corrected chi connectivity index (χ0v) is 9.22. The minimum atomic E-state index is 1.16. The Balaban J connectivity index is 0.000000671. The number of aryl methyl sites for hydroxylation is 1. The fourth-order valence-corrected chi connectivity index (χ4v) is 1.25. The molecule has 0 saturated heterocycles. The number of hydrogen-bond donors (Lipinski definition) is 1. The summed E-state index contributed by atoms with van der Waals surface area (Å²) in [6, 6.07) is 8.44. The molecule has 0 atom stereocenters. The molecule has 0 unspecified atom stereocenters. The molecule has 13 heavy (non-hydrogen) atoms. The Hall–Kier alpha value is -0.980. The highest BCUT2D eigenvalue weighted by Gasteiger charge is 1.95. The van der Waals surface area contributed by atoms with Crippen LogP contribution in [-0.4, -0.2) is 7.05 Å². The maximum Gasteiger partial charge on any atom is 0.0370 e. The van der Waals surface area contributed by atoms with Gasteiger partial charge in [-0.05, 0) is 18.1 Å². The van der Waals surface area contributed by atoms with Gasteiger partial charge in [-0.1, -0.05) is 45.4 Å². The number of anilines is 1. The van der Waals surface area contributed by atoms with Gasteiger partial charge in [0.05, 0.1) is 0 Å². The molecule has 0 amide bonds. The monoisotopic (exact) mass is 179 g/mol. The van der Waals surface area contributed by atoms with Crippen molar-refractivity contribution >= 4 is 5.69 Å². The lowest BCUT2D eigenvalue weighted by molar-refractivity contribution is 0.923. The fourth-order valence-electron chi connectivity index (χ4n) is 1.25. The molecule has 0 radical (unpaired) electrons. The second-order valence-electron chi connectivity index (χ2n) is 2.66. The molecule has 0 heterocycles. The molecular formula is C12H21N. The van der Waals surface area contributed by atoms with Gasteiger partial charge in [-0.3, -0.25) is 0 Å². The predicted octanol–water partition coefficient (Wildman–Crippen LogP) is 3.71. The van der Waals surface area contributed by atoms with E-state index in [1.54, 1.807) is 0 Å². The summed E-state index contributed by atoms with van der Waals surface area (Å²) >= 11 is 0. The van der Waals surface area contributed by atoms with Crippen molar-refractivity contribution in [3.63, 3.8) is 0 Å². The van der Waals surface area contributed by atoms with Gasteiger partial charge in [-0.25, -0.2) is 0 Å². The van der Waals surface area contributed by atoms with Crippen molar-refractivity contribution in [3.05, 3.63) is 29.8 Å². The molecular weight excluding hydrogens is 158 g/mol. The Morgan fingerprint density at radius 1 is 1.15 bits per heavy atom. The zero-order valence-electron chi connectivity index (χ0n) is 9.22. The van der Waals surface area contributed by atoms with Crippen LogP contribution in [0.25, 0.3) is 0 Å². The van der Waals surface area contributed by atoms with Gasteiger partial charge >= 0.3 is 0 Å². The van der Waals surface area contributed by atoms with Crippen molar-refractivity contribution in [3.8, 4) is 0 Å². The third-order valence-electron chi connectivity index (χ3n) is 1.81. The zero-order chi connectivity index (χ0) is 10.1. The molecule has 1 N–H and O–H groups in total. The summed E-state index contributed by atoms with van der Waals surface area (Å²) in [4.78, 5) is 0. The van der Waals surface area contributed by atoms with E-state index in [4.69, 9.17) is 0 Å². The number of hydrogen-bond acceptors (Lipinski definition) is 1. The molecule has 1 nitrogen and oxygen atoms in total. The first-order valence-electron chi connectivity index (χ1n) is 5.14. The van der Waals surface area contributed by atoms with Gasteiger partial charge in [0.15, 0.2) is 0 Å². The van der Waals surface area contributed by atoms with E-state index >= 15 is 0 Å². The van der Waals surface area contributed by atoms with E-state index in [0.717, 1.165) is 6.42 Å². The molecule has 0 bridgehead atoms. The van der Waals surface area contributed by atoms with Crippen LogP contribution in [0.1, 0.15) is 32.8 Å². The molecule has 1 heteroatoms. The minimum absolute atomic E-state index is 1.16. The van der Waals surface area contributed by atoms with Gasteiger partial charge in [0.2, 0.25) is 0 Å². The predicted molar refractivity (Wildman–Crippen MR) is 61.3 cm³/mol. The largest absolute Gasteiger partial charge is 0.388 e. The molecule has 0 aromatic heterocycles. The smallest absolute Gasteiger partial charge is 0.0370 e. The summed E-state index contributed by atoms with van der Waals surface area (Å²) in [5, 5.41) is 3.18.